The molecule has 0 radical (unpaired) electrons. The van der Waals surface area contributed by atoms with E-state index in [0.29, 0.717) is 11.4 Å². The van der Waals surface area contributed by atoms with Gasteiger partial charge < -0.3 is 25.2 Å². The zero-order valence-electron chi connectivity index (χ0n) is 12.9. The number of phenolic OH excluding ortho intramolecular Hbond substituents is 1. The van der Waals surface area contributed by atoms with Crippen LogP contribution in [-0.4, -0.2) is 58.4 Å². The third-order valence-electron chi connectivity index (χ3n) is 3.67. The fourth-order valence-electron chi connectivity index (χ4n) is 2.32. The number of likely N-dealkylation sites (N-methyl/N-ethyl adjacent to an activating group) is 1. The van der Waals surface area contributed by atoms with E-state index in [0.717, 1.165) is 0 Å². The molecule has 0 spiro atoms. The van der Waals surface area contributed by atoms with Gasteiger partial charge in [-0.3, -0.25) is 14.5 Å². The number of phenols is 1. The van der Waals surface area contributed by atoms with E-state index in [4.69, 9.17) is 0 Å². The van der Waals surface area contributed by atoms with Crippen LogP contribution < -0.4 is 10.4 Å². The van der Waals surface area contributed by atoms with Crippen molar-refractivity contribution in [2.75, 3.05) is 19.6 Å². The molecule has 2 rings (SSSR count). The Morgan fingerprint density at radius 1 is 1.21 bits per heavy atom. The number of benzene rings is 1. The van der Waals surface area contributed by atoms with E-state index in [9.17, 15) is 29.4 Å². The van der Waals surface area contributed by atoms with Gasteiger partial charge in [0.1, 0.15) is 5.75 Å². The Hall–Kier alpha value is -3.10. The first-order valence-electron chi connectivity index (χ1n) is 7.26. The van der Waals surface area contributed by atoms with E-state index in [1.165, 1.54) is 29.2 Å². The minimum atomic E-state index is -1.58. The largest absolute Gasteiger partial charge is 0.548 e. The molecule has 1 fully saturated rings. The van der Waals surface area contributed by atoms with E-state index in [1.807, 2.05) is 0 Å². The maximum absolute atomic E-state index is 12.2. The molecule has 1 atom stereocenters. The van der Waals surface area contributed by atoms with E-state index in [2.05, 4.69) is 5.32 Å². The Bertz CT molecular complexity index is 672. The number of hydrogen-bond donors (Lipinski definition) is 2. The van der Waals surface area contributed by atoms with Gasteiger partial charge in [0.2, 0.25) is 0 Å². The number of nitrogens with one attached hydrogen (secondary N) is 1. The summed E-state index contributed by atoms with van der Waals surface area (Å²) in [6.45, 7) is 2.20. The summed E-state index contributed by atoms with van der Waals surface area (Å²) in [7, 11) is 0. The predicted octanol–water partition coefficient (Wildman–Crippen LogP) is -1.42. The van der Waals surface area contributed by atoms with E-state index < -0.39 is 29.9 Å². The fourth-order valence-corrected chi connectivity index (χ4v) is 2.32. The summed E-state index contributed by atoms with van der Waals surface area (Å²) in [5, 5.41) is 22.7. The summed E-state index contributed by atoms with van der Waals surface area (Å²) >= 11 is 0. The molecule has 0 unspecified atom stereocenters. The van der Waals surface area contributed by atoms with Crippen LogP contribution in [-0.2, 0) is 14.4 Å². The maximum atomic E-state index is 12.2. The Kier molecular flexibility index (Phi) is 5.02. The highest BCUT2D eigenvalue weighted by molar-refractivity contribution is 6.38. The maximum Gasteiger partial charge on any atom is 0.325 e. The van der Waals surface area contributed by atoms with Crippen LogP contribution in [0.2, 0.25) is 0 Å². The monoisotopic (exact) mass is 334 g/mol. The number of urea groups is 1. The number of carbonyl (C=O) groups excluding carboxylic acids is 4. The zero-order chi connectivity index (χ0) is 17.9. The number of nitrogens with zero attached hydrogens (tertiary/aromatic N) is 2. The number of amides is 4. The summed E-state index contributed by atoms with van der Waals surface area (Å²) < 4.78 is 0. The second-order valence-electron chi connectivity index (χ2n) is 5.13. The van der Waals surface area contributed by atoms with Crippen LogP contribution in [0.15, 0.2) is 24.3 Å². The summed E-state index contributed by atoms with van der Waals surface area (Å²) in [4.78, 5) is 49.2. The van der Waals surface area contributed by atoms with Crippen molar-refractivity contribution in [1.82, 2.24) is 15.1 Å². The average Bonchev–Trinajstić information content (AvgIpc) is 2.55. The molecule has 1 aromatic carbocycles. The lowest BCUT2D eigenvalue weighted by Crippen LogP contribution is -2.59. The number of aliphatic carboxylic acids is 1. The molecule has 0 saturated carbocycles. The second kappa shape index (κ2) is 6.99. The summed E-state index contributed by atoms with van der Waals surface area (Å²) in [6.07, 6.45) is 0. The quantitative estimate of drug-likeness (QED) is 0.650. The van der Waals surface area contributed by atoms with E-state index >= 15 is 0 Å². The molecule has 24 heavy (non-hydrogen) atoms. The molecule has 9 nitrogen and oxygen atoms in total. The van der Waals surface area contributed by atoms with Gasteiger partial charge >= 0.3 is 17.8 Å². The van der Waals surface area contributed by atoms with Gasteiger partial charge in [0, 0.05) is 19.6 Å². The molecule has 1 aromatic rings. The number of rotatable bonds is 4. The molecule has 9 heteroatoms. The Morgan fingerprint density at radius 3 is 2.38 bits per heavy atom. The summed E-state index contributed by atoms with van der Waals surface area (Å²) in [5.74, 6) is -3.48. The van der Waals surface area contributed by atoms with Crippen LogP contribution in [0.3, 0.4) is 0 Å². The van der Waals surface area contributed by atoms with Crippen LogP contribution in [0.25, 0.3) is 0 Å². The number of piperazine rings is 1. The number of carboxylic acids is 1. The molecule has 4 amide bonds. The molecule has 0 aliphatic carbocycles. The number of imide groups is 1. The van der Waals surface area contributed by atoms with Crippen LogP contribution in [0.4, 0.5) is 4.79 Å². The minimum Gasteiger partial charge on any atom is -0.548 e. The second-order valence-corrected chi connectivity index (χ2v) is 5.13. The summed E-state index contributed by atoms with van der Waals surface area (Å²) in [5.41, 5.74) is 0.159. The molecular weight excluding hydrogens is 318 g/mol. The predicted molar refractivity (Wildman–Crippen MR) is 78.4 cm³/mol. The fraction of sp³-hybridized carbons (Fsp3) is 0.333. The van der Waals surface area contributed by atoms with Crippen molar-refractivity contribution < 1.29 is 29.4 Å². The Balaban J connectivity index is 2.14. The standard InChI is InChI=1S/C15H17N3O6/c1-2-17-7-8-18(13(21)12(17)20)15(24)16-11(14(22)23)9-3-5-10(19)6-4-9/h3-6,11,19H,2,7-8H2,1H3,(H,16,24)(H,22,23)/p-1/t11-/m0/s1. The molecule has 0 aromatic heterocycles. The van der Waals surface area contributed by atoms with Crippen LogP contribution >= 0.6 is 0 Å². The topological polar surface area (TPSA) is 130 Å². The van der Waals surface area contributed by atoms with Gasteiger partial charge in [0.25, 0.3) is 0 Å². The molecule has 1 aliphatic heterocycles. The molecule has 0 bridgehead atoms. The normalized spacial score (nSPS) is 16.0. The first-order chi connectivity index (χ1) is 11.3. The average molecular weight is 334 g/mol. The Labute approximate surface area is 137 Å². The van der Waals surface area contributed by atoms with Crippen molar-refractivity contribution in [3.63, 3.8) is 0 Å². The first-order valence-corrected chi connectivity index (χ1v) is 7.26. The van der Waals surface area contributed by atoms with E-state index in [-0.39, 0.29) is 24.4 Å². The van der Waals surface area contributed by atoms with Gasteiger partial charge in [0.15, 0.2) is 0 Å². The van der Waals surface area contributed by atoms with Crippen LogP contribution in [0, 0.1) is 0 Å². The third kappa shape index (κ3) is 3.45. The number of carboxylic acid groups (broad SMARTS) is 1. The molecule has 1 heterocycles. The smallest absolute Gasteiger partial charge is 0.325 e. The van der Waals surface area contributed by atoms with Gasteiger partial charge in [0.05, 0.1) is 12.0 Å². The van der Waals surface area contributed by atoms with Crippen LogP contribution in [0.1, 0.15) is 18.5 Å². The number of aromatic hydroxyl groups is 1. The highest BCUT2D eigenvalue weighted by Crippen LogP contribution is 2.17. The van der Waals surface area contributed by atoms with E-state index in [1.54, 1.807) is 6.92 Å². The van der Waals surface area contributed by atoms with Crippen LogP contribution in [0.5, 0.6) is 5.75 Å². The van der Waals surface area contributed by atoms with Crippen molar-refractivity contribution in [2.24, 2.45) is 0 Å². The lowest BCUT2D eigenvalue weighted by molar-refractivity contribution is -0.308. The highest BCUT2D eigenvalue weighted by Gasteiger charge is 2.36. The number of carbonyl (C=O) groups is 4. The Morgan fingerprint density at radius 2 is 1.83 bits per heavy atom. The molecule has 2 N–H and O–H groups in total. The SMILES string of the molecule is CCN1CCN(C(=O)N[C@H](C(=O)[O-])c2ccc(O)cc2)C(=O)C1=O. The molecule has 128 valence electrons. The van der Waals surface area contributed by atoms with Gasteiger partial charge in [-0.15, -0.1) is 0 Å². The van der Waals surface area contributed by atoms with Gasteiger partial charge in [-0.1, -0.05) is 12.1 Å². The lowest BCUT2D eigenvalue weighted by atomic mass is 10.1. The molecule has 1 aliphatic rings. The van der Waals surface area contributed by atoms with Crippen molar-refractivity contribution in [3.8, 4) is 5.75 Å². The third-order valence-corrected chi connectivity index (χ3v) is 3.67. The van der Waals surface area contributed by atoms with Crippen molar-refractivity contribution in [3.05, 3.63) is 29.8 Å². The summed E-state index contributed by atoms with van der Waals surface area (Å²) in [6, 6.07) is 2.60. The zero-order valence-corrected chi connectivity index (χ0v) is 12.9. The van der Waals surface area contributed by atoms with Gasteiger partial charge in [-0.25, -0.2) is 4.79 Å². The van der Waals surface area contributed by atoms with Crippen molar-refractivity contribution >= 4 is 23.8 Å². The lowest BCUT2D eigenvalue weighted by Gasteiger charge is -2.33. The highest BCUT2D eigenvalue weighted by atomic mass is 16.4. The molecular formula is C15H16N3O6-. The van der Waals surface area contributed by atoms with Gasteiger partial charge in [-0.2, -0.15) is 0 Å². The van der Waals surface area contributed by atoms with Crippen molar-refractivity contribution in [1.29, 1.82) is 0 Å². The van der Waals surface area contributed by atoms with Gasteiger partial charge in [-0.05, 0) is 24.6 Å². The minimum absolute atomic E-state index is 0.0282. The van der Waals surface area contributed by atoms with Crippen molar-refractivity contribution in [2.45, 2.75) is 13.0 Å². The first kappa shape index (κ1) is 17.3. The molecule has 1 saturated heterocycles. The number of hydrogen-bond acceptors (Lipinski definition) is 6.